The molecule has 0 atom stereocenters. The number of halogens is 7. The molecule has 0 unspecified atom stereocenters. The van der Waals surface area contributed by atoms with Gasteiger partial charge in [-0.1, -0.05) is 35.9 Å². The Morgan fingerprint density at radius 1 is 0.857 bits per heavy atom. The second kappa shape index (κ2) is 9.18. The molecule has 3 nitrogen and oxygen atoms in total. The third-order valence-electron chi connectivity index (χ3n) is 5.75. The van der Waals surface area contributed by atoms with Gasteiger partial charge in [0.05, 0.1) is 27.9 Å². The van der Waals surface area contributed by atoms with E-state index in [0.717, 1.165) is 5.56 Å². The fourth-order valence-corrected chi connectivity index (χ4v) is 3.85. The Bertz CT molecular complexity index is 1240. The first-order valence-electron chi connectivity index (χ1n) is 10.3. The van der Waals surface area contributed by atoms with Gasteiger partial charge in [-0.15, -0.1) is 0 Å². The predicted octanol–water partition coefficient (Wildman–Crippen LogP) is 7.69. The van der Waals surface area contributed by atoms with Gasteiger partial charge >= 0.3 is 12.4 Å². The summed E-state index contributed by atoms with van der Waals surface area (Å²) in [5.41, 5.74) is -3.00. The molecular weight excluding hydrogens is 494 g/mol. The van der Waals surface area contributed by atoms with Gasteiger partial charge in [-0.3, -0.25) is 4.79 Å². The summed E-state index contributed by atoms with van der Waals surface area (Å²) in [5.74, 6) is -0.732. The number of rotatable bonds is 4. The summed E-state index contributed by atoms with van der Waals surface area (Å²) in [6.45, 7) is 4.38. The van der Waals surface area contributed by atoms with Crippen LogP contribution >= 0.6 is 11.6 Å². The first kappa shape index (κ1) is 26.5. The molecule has 0 fully saturated rings. The van der Waals surface area contributed by atoms with Crippen LogP contribution in [0.2, 0.25) is 5.15 Å². The number of benzene rings is 2. The molecule has 35 heavy (non-hydrogen) atoms. The van der Waals surface area contributed by atoms with E-state index in [4.69, 9.17) is 11.6 Å². The van der Waals surface area contributed by atoms with Crippen molar-refractivity contribution in [2.75, 3.05) is 11.9 Å². The van der Waals surface area contributed by atoms with Crippen LogP contribution in [0.5, 0.6) is 0 Å². The molecule has 1 amide bonds. The molecule has 0 spiro atoms. The Kier molecular flexibility index (Phi) is 6.96. The van der Waals surface area contributed by atoms with Gasteiger partial charge in [-0.05, 0) is 62.2 Å². The van der Waals surface area contributed by atoms with Gasteiger partial charge in [-0.25, -0.2) is 4.98 Å². The maximum absolute atomic E-state index is 13.5. The van der Waals surface area contributed by atoms with E-state index in [1.165, 1.54) is 37.9 Å². The lowest BCUT2D eigenvalue weighted by molar-refractivity contribution is -0.143. The average Bonchev–Trinajstić information content (AvgIpc) is 2.77. The van der Waals surface area contributed by atoms with Crippen LogP contribution in [0.15, 0.2) is 54.6 Å². The third kappa shape index (κ3) is 5.45. The van der Waals surface area contributed by atoms with Crippen LogP contribution in [-0.4, -0.2) is 17.9 Å². The predicted molar refractivity (Wildman–Crippen MR) is 122 cm³/mol. The molecule has 0 aliphatic rings. The number of pyridine rings is 1. The maximum Gasteiger partial charge on any atom is 0.416 e. The summed E-state index contributed by atoms with van der Waals surface area (Å²) < 4.78 is 80.3. The number of nitrogens with zero attached hydrogens (tertiary/aromatic N) is 2. The number of carbonyl (C=O) groups excluding carboxylic acids is 1. The van der Waals surface area contributed by atoms with E-state index in [2.05, 4.69) is 4.98 Å². The van der Waals surface area contributed by atoms with Crippen molar-refractivity contribution in [2.24, 2.45) is 0 Å². The Morgan fingerprint density at radius 2 is 1.37 bits per heavy atom. The van der Waals surface area contributed by atoms with E-state index in [9.17, 15) is 31.1 Å². The average molecular weight is 515 g/mol. The van der Waals surface area contributed by atoms with Crippen LogP contribution in [-0.2, 0) is 22.6 Å². The molecule has 0 radical (unpaired) electrons. The molecule has 0 aliphatic heterocycles. The van der Waals surface area contributed by atoms with Crippen molar-refractivity contribution in [3.8, 4) is 11.3 Å². The van der Waals surface area contributed by atoms with Crippen LogP contribution < -0.4 is 4.90 Å². The number of likely N-dealkylation sites (N-methyl/N-ethyl adjacent to an activating group) is 1. The minimum absolute atomic E-state index is 0.0349. The topological polar surface area (TPSA) is 33.2 Å². The molecule has 0 aliphatic carbocycles. The Morgan fingerprint density at radius 3 is 1.89 bits per heavy atom. The summed E-state index contributed by atoms with van der Waals surface area (Å²) in [6.07, 6.45) is -10.1. The van der Waals surface area contributed by atoms with Gasteiger partial charge in [-0.2, -0.15) is 26.3 Å². The number of aromatic nitrogens is 1. The molecule has 1 heterocycles. The van der Waals surface area contributed by atoms with Gasteiger partial charge in [0.15, 0.2) is 0 Å². The van der Waals surface area contributed by atoms with E-state index < -0.39 is 40.4 Å². The SMILES string of the molecule is Cc1ccccc1-c1nc(Cl)ccc1N(C)C(=O)C(C)(C)c1cc(C(F)(F)F)cc(C(F)(F)F)c1. The van der Waals surface area contributed by atoms with Crippen molar-refractivity contribution in [1.29, 1.82) is 0 Å². The molecule has 2 aromatic carbocycles. The van der Waals surface area contributed by atoms with Gasteiger partial charge in [0.1, 0.15) is 5.15 Å². The molecular formula is C25H21ClF6N2O. The van der Waals surface area contributed by atoms with E-state index >= 15 is 0 Å². The van der Waals surface area contributed by atoms with E-state index in [1.54, 1.807) is 12.1 Å². The lowest BCUT2D eigenvalue weighted by Gasteiger charge is -2.32. The first-order valence-corrected chi connectivity index (χ1v) is 10.7. The minimum atomic E-state index is -5.03. The van der Waals surface area contributed by atoms with Gasteiger partial charge in [0.25, 0.3) is 0 Å². The number of aryl methyl sites for hydroxylation is 1. The molecule has 0 N–H and O–H groups in total. The van der Waals surface area contributed by atoms with Crippen molar-refractivity contribution in [2.45, 2.75) is 38.5 Å². The first-order chi connectivity index (χ1) is 16.0. The van der Waals surface area contributed by atoms with Crippen LogP contribution in [0.25, 0.3) is 11.3 Å². The Balaban J connectivity index is 2.13. The Hall–Kier alpha value is -3.07. The lowest BCUT2D eigenvalue weighted by atomic mass is 9.81. The number of anilines is 1. The number of carbonyl (C=O) groups is 1. The smallest absolute Gasteiger partial charge is 0.313 e. The second-order valence-electron chi connectivity index (χ2n) is 8.60. The van der Waals surface area contributed by atoms with Crippen molar-refractivity contribution in [1.82, 2.24) is 4.98 Å². The zero-order valence-corrected chi connectivity index (χ0v) is 19.9. The molecule has 186 valence electrons. The van der Waals surface area contributed by atoms with Crippen LogP contribution in [0.4, 0.5) is 32.0 Å². The zero-order valence-electron chi connectivity index (χ0n) is 19.1. The Labute approximate surface area is 203 Å². The molecule has 0 bridgehead atoms. The molecule has 10 heteroatoms. The van der Waals surface area contributed by atoms with Crippen molar-refractivity contribution in [3.05, 3.63) is 82.0 Å². The molecule has 3 aromatic rings. The van der Waals surface area contributed by atoms with Crippen molar-refractivity contribution in [3.63, 3.8) is 0 Å². The van der Waals surface area contributed by atoms with E-state index in [0.29, 0.717) is 29.1 Å². The molecule has 0 saturated carbocycles. The lowest BCUT2D eigenvalue weighted by Crippen LogP contribution is -2.42. The van der Waals surface area contributed by atoms with Gasteiger partial charge in [0, 0.05) is 12.6 Å². The number of alkyl halides is 6. The van der Waals surface area contributed by atoms with E-state index in [-0.39, 0.29) is 11.2 Å². The largest absolute Gasteiger partial charge is 0.416 e. The van der Waals surface area contributed by atoms with E-state index in [1.807, 2.05) is 19.1 Å². The quantitative estimate of drug-likeness (QED) is 0.264. The van der Waals surface area contributed by atoms with Crippen LogP contribution in [0, 0.1) is 6.92 Å². The van der Waals surface area contributed by atoms with Gasteiger partial charge in [0.2, 0.25) is 5.91 Å². The monoisotopic (exact) mass is 514 g/mol. The van der Waals surface area contributed by atoms with Crippen LogP contribution in [0.1, 0.15) is 36.1 Å². The second-order valence-corrected chi connectivity index (χ2v) is 8.99. The summed E-state index contributed by atoms with van der Waals surface area (Å²) in [4.78, 5) is 19.0. The fourth-order valence-electron chi connectivity index (χ4n) is 3.70. The summed E-state index contributed by atoms with van der Waals surface area (Å²) >= 11 is 6.08. The third-order valence-corrected chi connectivity index (χ3v) is 5.96. The highest BCUT2D eigenvalue weighted by Gasteiger charge is 2.41. The number of hydrogen-bond acceptors (Lipinski definition) is 2. The number of hydrogen-bond donors (Lipinski definition) is 0. The summed E-state index contributed by atoms with van der Waals surface area (Å²) in [6, 6.07) is 11.3. The normalized spacial score (nSPS) is 12.5. The van der Waals surface area contributed by atoms with Crippen molar-refractivity contribution >= 4 is 23.2 Å². The highest BCUT2D eigenvalue weighted by Crippen LogP contribution is 2.40. The standard InChI is InChI=1S/C25H21ClF6N2O/c1-14-7-5-6-8-18(14)21-19(9-10-20(26)33-21)34(4)22(35)23(2,3)15-11-16(24(27,28)29)13-17(12-15)25(30,31)32/h5-13H,1-4H3. The maximum atomic E-state index is 13.5. The molecule has 0 saturated heterocycles. The highest BCUT2D eigenvalue weighted by molar-refractivity contribution is 6.29. The summed E-state index contributed by atoms with van der Waals surface area (Å²) in [7, 11) is 1.38. The molecule has 3 rings (SSSR count). The molecule has 1 aromatic heterocycles. The highest BCUT2D eigenvalue weighted by atomic mass is 35.5. The van der Waals surface area contributed by atoms with Crippen molar-refractivity contribution < 1.29 is 31.1 Å². The van der Waals surface area contributed by atoms with Crippen LogP contribution in [0.3, 0.4) is 0 Å². The van der Waals surface area contributed by atoms with Gasteiger partial charge < -0.3 is 4.90 Å². The summed E-state index contributed by atoms with van der Waals surface area (Å²) in [5, 5.41) is 0.153. The number of amides is 1. The zero-order chi connectivity index (χ0) is 26.3. The minimum Gasteiger partial charge on any atom is -0.313 e. The fraction of sp³-hybridized carbons (Fsp3) is 0.280.